The molecule has 0 saturated carbocycles. The maximum atomic E-state index is 13.0. The molecule has 140 valence electrons. The van der Waals surface area contributed by atoms with Crippen LogP contribution in [-0.2, 0) is 17.9 Å². The number of likely N-dealkylation sites (tertiary alicyclic amines) is 1. The number of aromatic nitrogens is 2. The standard InChI is InChI=1S/C20H22N4O2S/c1-23(13-17-21-15-9-11-27-18(15)19(25)22-17)20(26)16-8-5-10-24(16)12-14-6-3-2-4-7-14/h2-4,6-7,9,11,16H,5,8,10,12-13H2,1H3,(H,21,22,25). The molecule has 0 radical (unpaired) electrons. The molecule has 3 aromatic rings. The normalized spacial score (nSPS) is 17.4. The minimum absolute atomic E-state index is 0.0801. The van der Waals surface area contributed by atoms with Crippen molar-refractivity contribution in [2.24, 2.45) is 0 Å². The zero-order valence-corrected chi connectivity index (χ0v) is 16.0. The molecule has 7 heteroatoms. The molecule has 4 rings (SSSR count). The lowest BCUT2D eigenvalue weighted by molar-refractivity contribution is -0.135. The van der Waals surface area contributed by atoms with E-state index in [4.69, 9.17) is 0 Å². The monoisotopic (exact) mass is 382 g/mol. The highest BCUT2D eigenvalue weighted by Crippen LogP contribution is 2.22. The van der Waals surface area contributed by atoms with Crippen molar-refractivity contribution in [3.8, 4) is 0 Å². The number of rotatable bonds is 5. The van der Waals surface area contributed by atoms with Gasteiger partial charge in [0.2, 0.25) is 5.91 Å². The van der Waals surface area contributed by atoms with Crippen LogP contribution in [0.5, 0.6) is 0 Å². The molecule has 27 heavy (non-hydrogen) atoms. The summed E-state index contributed by atoms with van der Waals surface area (Å²) in [7, 11) is 1.78. The molecular weight excluding hydrogens is 360 g/mol. The molecule has 1 atom stereocenters. The predicted molar refractivity (Wildman–Crippen MR) is 107 cm³/mol. The van der Waals surface area contributed by atoms with Gasteiger partial charge in [0, 0.05) is 13.6 Å². The highest BCUT2D eigenvalue weighted by Gasteiger charge is 2.32. The number of benzene rings is 1. The molecule has 1 aliphatic rings. The molecular formula is C20H22N4O2S. The molecule has 0 spiro atoms. The van der Waals surface area contributed by atoms with Crippen LogP contribution in [0.25, 0.3) is 10.2 Å². The number of thiophene rings is 1. The SMILES string of the molecule is CN(Cc1nc2ccsc2c(=O)[nH]1)C(=O)C1CCCN1Cc1ccccc1. The maximum Gasteiger partial charge on any atom is 0.268 e. The zero-order valence-electron chi connectivity index (χ0n) is 15.2. The van der Waals surface area contributed by atoms with Gasteiger partial charge in [0.05, 0.1) is 18.1 Å². The van der Waals surface area contributed by atoms with Crippen molar-refractivity contribution in [1.29, 1.82) is 0 Å². The van der Waals surface area contributed by atoms with E-state index in [2.05, 4.69) is 27.0 Å². The van der Waals surface area contributed by atoms with Crippen LogP contribution in [0.1, 0.15) is 24.2 Å². The highest BCUT2D eigenvalue weighted by molar-refractivity contribution is 7.17. The van der Waals surface area contributed by atoms with Crippen molar-refractivity contribution in [2.75, 3.05) is 13.6 Å². The van der Waals surface area contributed by atoms with Gasteiger partial charge >= 0.3 is 0 Å². The fourth-order valence-electron chi connectivity index (χ4n) is 3.67. The molecule has 6 nitrogen and oxygen atoms in total. The topological polar surface area (TPSA) is 69.3 Å². The second-order valence-electron chi connectivity index (χ2n) is 6.96. The number of amides is 1. The van der Waals surface area contributed by atoms with E-state index in [0.717, 1.165) is 25.9 Å². The van der Waals surface area contributed by atoms with Gasteiger partial charge in [-0.15, -0.1) is 11.3 Å². The third-order valence-electron chi connectivity index (χ3n) is 5.00. The fraction of sp³-hybridized carbons (Fsp3) is 0.350. The molecule has 0 aliphatic carbocycles. The van der Waals surface area contributed by atoms with Gasteiger partial charge in [-0.25, -0.2) is 4.98 Å². The van der Waals surface area contributed by atoms with Crippen LogP contribution >= 0.6 is 11.3 Å². The predicted octanol–water partition coefficient (Wildman–Crippen LogP) is 2.61. The Morgan fingerprint density at radius 3 is 2.96 bits per heavy atom. The number of hydrogen-bond acceptors (Lipinski definition) is 5. The average Bonchev–Trinajstić information content (AvgIpc) is 3.31. The quantitative estimate of drug-likeness (QED) is 0.736. The largest absolute Gasteiger partial charge is 0.337 e. The van der Waals surface area contributed by atoms with Crippen molar-refractivity contribution in [1.82, 2.24) is 19.8 Å². The van der Waals surface area contributed by atoms with Crippen LogP contribution in [0, 0.1) is 0 Å². The third kappa shape index (κ3) is 3.79. The van der Waals surface area contributed by atoms with E-state index >= 15 is 0 Å². The van der Waals surface area contributed by atoms with Gasteiger partial charge in [0.15, 0.2) is 0 Å². The first-order valence-corrected chi connectivity index (χ1v) is 9.99. The zero-order chi connectivity index (χ0) is 18.8. The Bertz CT molecular complexity index is 998. The number of aromatic amines is 1. The molecule has 1 unspecified atom stereocenters. The van der Waals surface area contributed by atoms with Crippen molar-refractivity contribution in [2.45, 2.75) is 32.0 Å². The molecule has 3 heterocycles. The molecule has 1 N–H and O–H groups in total. The number of nitrogens with one attached hydrogen (secondary N) is 1. The van der Waals surface area contributed by atoms with E-state index in [1.54, 1.807) is 11.9 Å². The van der Waals surface area contributed by atoms with Crippen LogP contribution in [0.3, 0.4) is 0 Å². The summed E-state index contributed by atoms with van der Waals surface area (Å²) in [6.45, 7) is 2.01. The Morgan fingerprint density at radius 1 is 1.33 bits per heavy atom. The number of hydrogen-bond donors (Lipinski definition) is 1. The number of H-pyrrole nitrogens is 1. The van der Waals surface area contributed by atoms with Gasteiger partial charge in [-0.2, -0.15) is 0 Å². The van der Waals surface area contributed by atoms with E-state index in [9.17, 15) is 9.59 Å². The smallest absolute Gasteiger partial charge is 0.268 e. The minimum Gasteiger partial charge on any atom is -0.337 e. The molecule has 1 amide bonds. The van der Waals surface area contributed by atoms with Crippen molar-refractivity contribution in [3.05, 3.63) is 63.5 Å². The molecule has 1 aliphatic heterocycles. The highest BCUT2D eigenvalue weighted by atomic mass is 32.1. The first kappa shape index (κ1) is 17.9. The number of likely N-dealkylation sites (N-methyl/N-ethyl adjacent to an activating group) is 1. The fourth-order valence-corrected chi connectivity index (χ4v) is 4.39. The van der Waals surface area contributed by atoms with Gasteiger partial charge in [0.1, 0.15) is 10.5 Å². The second kappa shape index (κ2) is 7.62. The average molecular weight is 382 g/mol. The van der Waals surface area contributed by atoms with Crippen LogP contribution < -0.4 is 5.56 Å². The van der Waals surface area contributed by atoms with E-state index in [1.807, 2.05) is 29.6 Å². The number of fused-ring (bicyclic) bond motifs is 1. The summed E-state index contributed by atoms with van der Waals surface area (Å²) in [4.78, 5) is 36.3. The first-order valence-electron chi connectivity index (χ1n) is 9.11. The van der Waals surface area contributed by atoms with Gasteiger partial charge in [-0.1, -0.05) is 30.3 Å². The summed E-state index contributed by atoms with van der Waals surface area (Å²) < 4.78 is 0.623. The lowest BCUT2D eigenvalue weighted by Crippen LogP contribution is -2.43. The molecule has 1 fully saturated rings. The van der Waals surface area contributed by atoms with Crippen molar-refractivity contribution < 1.29 is 4.79 Å². The Balaban J connectivity index is 1.46. The van der Waals surface area contributed by atoms with E-state index in [0.29, 0.717) is 22.6 Å². The molecule has 1 saturated heterocycles. The van der Waals surface area contributed by atoms with Crippen LogP contribution in [0.15, 0.2) is 46.6 Å². The third-order valence-corrected chi connectivity index (χ3v) is 5.91. The summed E-state index contributed by atoms with van der Waals surface area (Å²) in [5.41, 5.74) is 1.76. The summed E-state index contributed by atoms with van der Waals surface area (Å²) in [5.74, 6) is 0.603. The Kier molecular flexibility index (Phi) is 5.05. The van der Waals surface area contributed by atoms with Gasteiger partial charge < -0.3 is 9.88 Å². The molecule has 0 bridgehead atoms. The summed E-state index contributed by atoms with van der Waals surface area (Å²) >= 11 is 1.38. The lowest BCUT2D eigenvalue weighted by Gasteiger charge is -2.27. The van der Waals surface area contributed by atoms with E-state index < -0.39 is 0 Å². The minimum atomic E-state index is -0.141. The van der Waals surface area contributed by atoms with Crippen LogP contribution in [0.4, 0.5) is 0 Å². The van der Waals surface area contributed by atoms with Gasteiger partial charge in [-0.3, -0.25) is 14.5 Å². The maximum absolute atomic E-state index is 13.0. The first-order chi connectivity index (χ1) is 13.1. The van der Waals surface area contributed by atoms with Crippen LogP contribution in [0.2, 0.25) is 0 Å². The van der Waals surface area contributed by atoms with E-state index in [1.165, 1.54) is 16.9 Å². The Hall–Kier alpha value is -2.51. The molecule has 1 aromatic carbocycles. The Morgan fingerprint density at radius 2 is 2.15 bits per heavy atom. The van der Waals surface area contributed by atoms with Crippen molar-refractivity contribution in [3.63, 3.8) is 0 Å². The summed E-state index contributed by atoms with van der Waals surface area (Å²) in [6.07, 6.45) is 1.89. The van der Waals surface area contributed by atoms with E-state index in [-0.39, 0.29) is 17.5 Å². The lowest BCUT2D eigenvalue weighted by atomic mass is 10.1. The summed E-state index contributed by atoms with van der Waals surface area (Å²) in [6, 6.07) is 11.9. The number of carbonyl (C=O) groups excluding carboxylic acids is 1. The Labute approximate surface area is 161 Å². The van der Waals surface area contributed by atoms with Gasteiger partial charge in [0.25, 0.3) is 5.56 Å². The summed E-state index contributed by atoms with van der Waals surface area (Å²) in [5, 5.41) is 1.85. The van der Waals surface area contributed by atoms with Crippen LogP contribution in [-0.4, -0.2) is 45.3 Å². The second-order valence-corrected chi connectivity index (χ2v) is 7.87. The molecule has 2 aromatic heterocycles. The van der Waals surface area contributed by atoms with Crippen molar-refractivity contribution >= 4 is 27.5 Å². The number of carbonyl (C=O) groups is 1. The van der Waals surface area contributed by atoms with Gasteiger partial charge in [-0.05, 0) is 36.4 Å². The number of nitrogens with zero attached hydrogens (tertiary/aromatic N) is 3.